The lowest BCUT2D eigenvalue weighted by Crippen LogP contribution is -2.23. The number of hydrogen-bond donors (Lipinski definition) is 1. The molecule has 0 unspecified atom stereocenters. The Morgan fingerprint density at radius 3 is 1.96 bits per heavy atom. The smallest absolute Gasteiger partial charge is 0.242 e. The van der Waals surface area contributed by atoms with Crippen LogP contribution in [0.2, 0.25) is 5.02 Å². The summed E-state index contributed by atoms with van der Waals surface area (Å²) in [7, 11) is -3.65. The Labute approximate surface area is 164 Å². The van der Waals surface area contributed by atoms with E-state index in [0.717, 1.165) is 16.7 Å². The molecule has 3 aromatic carbocycles. The van der Waals surface area contributed by atoms with Gasteiger partial charge in [0, 0.05) is 6.54 Å². The van der Waals surface area contributed by atoms with E-state index >= 15 is 0 Å². The van der Waals surface area contributed by atoms with E-state index < -0.39 is 10.0 Å². The maximum absolute atomic E-state index is 12.4. The Hall–Kier alpha value is -2.18. The van der Waals surface area contributed by atoms with Gasteiger partial charge in [0.1, 0.15) is 4.90 Å². The standard InChI is InChI=1S/C21H20ClNO3S/c22-20-8-4-5-9-21(20)27(24,25)23-14-17-10-12-19(13-11-17)16-26-15-18-6-2-1-3-7-18/h1-13,23H,14-16H2. The second-order valence-electron chi connectivity index (χ2n) is 6.05. The fourth-order valence-corrected chi connectivity index (χ4v) is 4.07. The molecule has 0 bridgehead atoms. The lowest BCUT2D eigenvalue weighted by molar-refractivity contribution is 0.107. The number of benzene rings is 3. The van der Waals surface area contributed by atoms with Gasteiger partial charge >= 0.3 is 0 Å². The third-order valence-electron chi connectivity index (χ3n) is 4.00. The van der Waals surface area contributed by atoms with E-state index in [1.807, 2.05) is 54.6 Å². The van der Waals surface area contributed by atoms with Crippen molar-refractivity contribution in [3.63, 3.8) is 0 Å². The van der Waals surface area contributed by atoms with Crippen molar-refractivity contribution in [2.75, 3.05) is 0 Å². The van der Waals surface area contributed by atoms with Gasteiger partial charge in [0.15, 0.2) is 0 Å². The summed E-state index contributed by atoms with van der Waals surface area (Å²) in [6.07, 6.45) is 0. The minimum absolute atomic E-state index is 0.0811. The summed E-state index contributed by atoms with van der Waals surface area (Å²) in [5.41, 5.74) is 3.02. The van der Waals surface area contributed by atoms with Gasteiger partial charge in [-0.25, -0.2) is 13.1 Å². The van der Waals surface area contributed by atoms with Crippen LogP contribution in [0, 0.1) is 0 Å². The van der Waals surface area contributed by atoms with Crippen LogP contribution in [0.1, 0.15) is 16.7 Å². The quantitative estimate of drug-likeness (QED) is 0.603. The molecule has 0 saturated heterocycles. The highest BCUT2D eigenvalue weighted by molar-refractivity contribution is 7.89. The first kappa shape index (κ1) is 19.6. The Morgan fingerprint density at radius 1 is 0.741 bits per heavy atom. The summed E-state index contributed by atoms with van der Waals surface area (Å²) in [5.74, 6) is 0. The lowest BCUT2D eigenvalue weighted by Gasteiger charge is -2.09. The largest absolute Gasteiger partial charge is 0.372 e. The van der Waals surface area contributed by atoms with Gasteiger partial charge in [-0.15, -0.1) is 0 Å². The maximum atomic E-state index is 12.4. The fourth-order valence-electron chi connectivity index (χ4n) is 2.53. The maximum Gasteiger partial charge on any atom is 0.242 e. The van der Waals surface area contributed by atoms with Gasteiger partial charge in [0.05, 0.1) is 18.2 Å². The highest BCUT2D eigenvalue weighted by Gasteiger charge is 2.16. The summed E-state index contributed by atoms with van der Waals surface area (Å²) >= 11 is 5.97. The molecule has 1 N–H and O–H groups in total. The zero-order chi connectivity index (χ0) is 19.1. The molecule has 0 spiro atoms. The van der Waals surface area contributed by atoms with E-state index in [4.69, 9.17) is 16.3 Å². The summed E-state index contributed by atoms with van der Waals surface area (Å²) in [6.45, 7) is 1.25. The van der Waals surface area contributed by atoms with E-state index in [2.05, 4.69) is 4.72 Å². The second kappa shape index (κ2) is 9.15. The molecule has 0 fully saturated rings. The third kappa shape index (κ3) is 5.65. The SMILES string of the molecule is O=S(=O)(NCc1ccc(COCc2ccccc2)cc1)c1ccccc1Cl. The lowest BCUT2D eigenvalue weighted by atomic mass is 10.1. The zero-order valence-electron chi connectivity index (χ0n) is 14.6. The van der Waals surface area contributed by atoms with Crippen molar-refractivity contribution in [1.29, 1.82) is 0 Å². The predicted molar refractivity (Wildman–Crippen MR) is 107 cm³/mol. The number of halogens is 1. The molecule has 0 aliphatic rings. The van der Waals surface area contributed by atoms with Gasteiger partial charge < -0.3 is 4.74 Å². The van der Waals surface area contributed by atoms with Gasteiger partial charge in [-0.3, -0.25) is 0 Å². The van der Waals surface area contributed by atoms with Crippen molar-refractivity contribution in [2.45, 2.75) is 24.7 Å². The van der Waals surface area contributed by atoms with Crippen molar-refractivity contribution in [3.05, 3.63) is 101 Å². The molecule has 0 heterocycles. The first-order valence-electron chi connectivity index (χ1n) is 8.48. The van der Waals surface area contributed by atoms with Crippen molar-refractivity contribution in [2.24, 2.45) is 0 Å². The first-order chi connectivity index (χ1) is 13.0. The molecule has 0 atom stereocenters. The van der Waals surface area contributed by atoms with E-state index in [9.17, 15) is 8.42 Å². The van der Waals surface area contributed by atoms with Gasteiger partial charge in [-0.2, -0.15) is 0 Å². The Bertz CT molecular complexity index is 974. The van der Waals surface area contributed by atoms with Crippen LogP contribution in [0.25, 0.3) is 0 Å². The molecular formula is C21H20ClNO3S. The molecular weight excluding hydrogens is 382 g/mol. The Balaban J connectivity index is 1.52. The highest BCUT2D eigenvalue weighted by Crippen LogP contribution is 2.20. The molecule has 27 heavy (non-hydrogen) atoms. The van der Waals surface area contributed by atoms with Crippen molar-refractivity contribution in [1.82, 2.24) is 4.72 Å². The molecule has 0 radical (unpaired) electrons. The summed E-state index contributed by atoms with van der Waals surface area (Å²) in [4.78, 5) is 0.0811. The molecule has 0 aliphatic carbocycles. The van der Waals surface area contributed by atoms with E-state index in [-0.39, 0.29) is 16.5 Å². The molecule has 4 nitrogen and oxygen atoms in total. The van der Waals surface area contributed by atoms with Gasteiger partial charge in [-0.1, -0.05) is 78.3 Å². The number of rotatable bonds is 8. The van der Waals surface area contributed by atoms with Crippen molar-refractivity contribution in [3.8, 4) is 0 Å². The number of nitrogens with one attached hydrogen (secondary N) is 1. The van der Waals surface area contributed by atoms with Gasteiger partial charge in [-0.05, 0) is 28.8 Å². The average molecular weight is 402 g/mol. The van der Waals surface area contributed by atoms with Crippen LogP contribution in [-0.2, 0) is 34.5 Å². The molecule has 0 aliphatic heterocycles. The van der Waals surface area contributed by atoms with Crippen LogP contribution in [0.3, 0.4) is 0 Å². The van der Waals surface area contributed by atoms with Crippen LogP contribution in [0.4, 0.5) is 0 Å². The molecule has 3 rings (SSSR count). The number of ether oxygens (including phenoxy) is 1. The van der Waals surface area contributed by atoms with E-state index in [1.165, 1.54) is 6.07 Å². The molecule has 0 amide bonds. The Morgan fingerprint density at radius 2 is 1.30 bits per heavy atom. The predicted octanol–water partition coefficient (Wildman–Crippen LogP) is 4.54. The minimum Gasteiger partial charge on any atom is -0.372 e. The normalized spacial score (nSPS) is 11.4. The number of hydrogen-bond acceptors (Lipinski definition) is 3. The minimum atomic E-state index is -3.65. The fraction of sp³-hybridized carbons (Fsp3) is 0.143. The molecule has 3 aromatic rings. The average Bonchev–Trinajstić information content (AvgIpc) is 2.68. The topological polar surface area (TPSA) is 55.4 Å². The van der Waals surface area contributed by atoms with Crippen LogP contribution in [0.5, 0.6) is 0 Å². The monoisotopic (exact) mass is 401 g/mol. The van der Waals surface area contributed by atoms with Gasteiger partial charge in [0.25, 0.3) is 0 Å². The van der Waals surface area contributed by atoms with Crippen LogP contribution >= 0.6 is 11.6 Å². The van der Waals surface area contributed by atoms with Crippen LogP contribution in [0.15, 0.2) is 83.8 Å². The molecule has 140 valence electrons. The van der Waals surface area contributed by atoms with Gasteiger partial charge in [0.2, 0.25) is 10.0 Å². The third-order valence-corrected chi connectivity index (χ3v) is 5.90. The highest BCUT2D eigenvalue weighted by atomic mass is 35.5. The Kier molecular flexibility index (Phi) is 6.63. The van der Waals surface area contributed by atoms with E-state index in [0.29, 0.717) is 13.2 Å². The molecule has 0 saturated carbocycles. The number of sulfonamides is 1. The van der Waals surface area contributed by atoms with Crippen LogP contribution < -0.4 is 4.72 Å². The van der Waals surface area contributed by atoms with Crippen molar-refractivity contribution < 1.29 is 13.2 Å². The first-order valence-corrected chi connectivity index (χ1v) is 10.3. The summed E-state index contributed by atoms with van der Waals surface area (Å²) in [6, 6.07) is 24.0. The zero-order valence-corrected chi connectivity index (χ0v) is 16.2. The molecule has 6 heteroatoms. The van der Waals surface area contributed by atoms with Crippen molar-refractivity contribution >= 4 is 21.6 Å². The summed E-state index contributed by atoms with van der Waals surface area (Å²) in [5, 5.41) is 0.205. The second-order valence-corrected chi connectivity index (χ2v) is 8.19. The van der Waals surface area contributed by atoms with E-state index in [1.54, 1.807) is 18.2 Å². The van der Waals surface area contributed by atoms with Crippen LogP contribution in [-0.4, -0.2) is 8.42 Å². The summed E-state index contributed by atoms with van der Waals surface area (Å²) < 4.78 is 33.0. The molecule has 0 aromatic heterocycles.